The highest BCUT2D eigenvalue weighted by atomic mass is 16.8. The monoisotopic (exact) mass is 934 g/mol. The van der Waals surface area contributed by atoms with Crippen LogP contribution in [0.25, 0.3) is 0 Å². The van der Waals surface area contributed by atoms with Crippen molar-refractivity contribution in [2.24, 2.45) is 40.4 Å². The molecule has 1 spiro atoms. The fourth-order valence-electron chi connectivity index (χ4n) is 14.6. The van der Waals surface area contributed by atoms with E-state index in [2.05, 4.69) is 20.8 Å². The predicted octanol–water partition coefficient (Wildman–Crippen LogP) is -2.51. The Balaban J connectivity index is 0.970. The van der Waals surface area contributed by atoms with E-state index in [9.17, 15) is 61.3 Å². The fraction of sp³-hybridized carbons (Fsp3) is 1.00. The van der Waals surface area contributed by atoms with Gasteiger partial charge in [0.2, 0.25) is 0 Å². The smallest absolute Gasteiger partial charge is 0.187 e. The molecule has 0 bridgehead atoms. The summed E-state index contributed by atoms with van der Waals surface area (Å²) in [6.07, 6.45) is -23.6. The molecule has 0 amide bonds. The summed E-state index contributed by atoms with van der Waals surface area (Å²) in [4.78, 5) is 0. The van der Waals surface area contributed by atoms with Crippen molar-refractivity contribution in [3.8, 4) is 0 Å². The molecule has 374 valence electrons. The Bertz CT molecular complexity index is 1690. The largest absolute Gasteiger partial charge is 0.394 e. The number of hydrogen-bond acceptors (Lipinski definition) is 20. The molecule has 0 aromatic carbocycles. The molecule has 4 saturated carbocycles. The molecular formula is C45H74O20. The van der Waals surface area contributed by atoms with Crippen LogP contribution in [0.15, 0.2) is 0 Å². The molecule has 20 nitrogen and oxygen atoms in total. The van der Waals surface area contributed by atoms with Crippen molar-refractivity contribution in [3.05, 3.63) is 0 Å². The van der Waals surface area contributed by atoms with E-state index < -0.39 is 140 Å². The van der Waals surface area contributed by atoms with Gasteiger partial charge in [-0.1, -0.05) is 27.7 Å². The van der Waals surface area contributed by atoms with E-state index in [0.29, 0.717) is 31.8 Å². The SMILES string of the molecule is C[C@@H]1CC[C@@]2(OC1)O[C@H]1C[C@H]3[C@@H]4CC[C@@]5(O)C[C@@H](O[C@@H]6O[C@H](CO)[C@@H](O)[C@H](O[C@@H]7O[C@H](CO)[C@H](O)[C@H](O)[C@H]7O)[C@H]6O[C@@H]6O[C@@H](C)[C@H](O)[C@@H](O)[C@H]6O)[C@H](O)C[C@]5(C)[C@@]4(O)CC[C@]3(C)[C@H]1[C@@H]2C. The Morgan fingerprint density at radius 3 is 1.91 bits per heavy atom. The maximum absolute atomic E-state index is 13.1. The Morgan fingerprint density at radius 2 is 1.25 bits per heavy atom. The van der Waals surface area contributed by atoms with Gasteiger partial charge in [-0.25, -0.2) is 0 Å². The first-order valence-electron chi connectivity index (χ1n) is 23.9. The van der Waals surface area contributed by atoms with Gasteiger partial charge in [-0.15, -0.1) is 0 Å². The first kappa shape index (κ1) is 49.2. The van der Waals surface area contributed by atoms with Crippen LogP contribution in [0.1, 0.15) is 92.4 Å². The number of rotatable bonds is 8. The molecule has 0 unspecified atom stereocenters. The normalized spacial score (nSPS) is 60.2. The summed E-state index contributed by atoms with van der Waals surface area (Å²) in [6, 6.07) is 0. The van der Waals surface area contributed by atoms with Crippen LogP contribution < -0.4 is 0 Å². The number of hydrogen-bond donors (Lipinski definition) is 12. The van der Waals surface area contributed by atoms with E-state index in [1.807, 2.05) is 6.92 Å². The first-order valence-corrected chi connectivity index (χ1v) is 23.9. The second-order valence-electron chi connectivity index (χ2n) is 22.0. The molecule has 12 N–H and O–H groups in total. The molecule has 9 rings (SSSR count). The van der Waals surface area contributed by atoms with Gasteiger partial charge in [0.1, 0.15) is 67.1 Å². The van der Waals surface area contributed by atoms with Crippen molar-refractivity contribution in [2.45, 2.75) is 220 Å². The van der Waals surface area contributed by atoms with Gasteiger partial charge in [0.05, 0.1) is 55.4 Å². The summed E-state index contributed by atoms with van der Waals surface area (Å²) in [7, 11) is 0. The van der Waals surface area contributed by atoms with Crippen LogP contribution in [0.4, 0.5) is 0 Å². The van der Waals surface area contributed by atoms with Crippen LogP contribution in [0.3, 0.4) is 0 Å². The summed E-state index contributed by atoms with van der Waals surface area (Å²) < 4.78 is 49.5. The summed E-state index contributed by atoms with van der Waals surface area (Å²) >= 11 is 0. The summed E-state index contributed by atoms with van der Waals surface area (Å²) in [5.74, 6) is 0.208. The van der Waals surface area contributed by atoms with E-state index in [0.717, 1.165) is 19.3 Å². The lowest BCUT2D eigenvalue weighted by atomic mass is 9.40. The Kier molecular flexibility index (Phi) is 13.2. The fourth-order valence-corrected chi connectivity index (χ4v) is 14.6. The maximum Gasteiger partial charge on any atom is 0.187 e. The molecule has 20 heteroatoms. The van der Waals surface area contributed by atoms with E-state index >= 15 is 0 Å². The van der Waals surface area contributed by atoms with Crippen molar-refractivity contribution in [1.29, 1.82) is 0 Å². The average molecular weight is 935 g/mol. The lowest BCUT2D eigenvalue weighted by Gasteiger charge is -2.68. The second-order valence-corrected chi connectivity index (χ2v) is 22.0. The second kappa shape index (κ2) is 17.5. The Labute approximate surface area is 378 Å². The van der Waals surface area contributed by atoms with Crippen LogP contribution in [-0.2, 0) is 37.9 Å². The minimum absolute atomic E-state index is 0.0174. The van der Waals surface area contributed by atoms with Crippen molar-refractivity contribution < 1.29 is 99.2 Å². The first-order chi connectivity index (χ1) is 30.6. The van der Waals surface area contributed by atoms with Crippen molar-refractivity contribution >= 4 is 0 Å². The Hall–Kier alpha value is -0.800. The third-order valence-corrected chi connectivity index (χ3v) is 18.6. The van der Waals surface area contributed by atoms with E-state index in [1.54, 1.807) is 0 Å². The van der Waals surface area contributed by atoms with Crippen LogP contribution in [0.5, 0.6) is 0 Å². The lowest BCUT2D eigenvalue weighted by Crippen LogP contribution is -2.74. The number of aliphatic hydroxyl groups excluding tert-OH is 10. The van der Waals surface area contributed by atoms with Crippen LogP contribution in [0.2, 0.25) is 0 Å². The van der Waals surface area contributed by atoms with Gasteiger partial charge in [0.15, 0.2) is 24.7 Å². The number of fused-ring (bicyclic) bond motifs is 7. The predicted molar refractivity (Wildman–Crippen MR) is 219 cm³/mol. The highest BCUT2D eigenvalue weighted by molar-refractivity contribution is 5.24. The molecule has 5 aliphatic heterocycles. The molecule has 0 aromatic rings. The zero-order chi connectivity index (χ0) is 46.9. The molecule has 9 fully saturated rings. The molecule has 65 heavy (non-hydrogen) atoms. The summed E-state index contributed by atoms with van der Waals surface area (Å²) in [6.45, 7) is 9.10. The zero-order valence-corrected chi connectivity index (χ0v) is 37.9. The zero-order valence-electron chi connectivity index (χ0n) is 37.9. The van der Waals surface area contributed by atoms with E-state index in [4.69, 9.17) is 37.9 Å². The molecule has 0 aromatic heterocycles. The molecule has 9 aliphatic rings. The average Bonchev–Trinajstić information content (AvgIpc) is 3.71. The third kappa shape index (κ3) is 7.54. The highest BCUT2D eigenvalue weighted by Gasteiger charge is 2.75. The molecule has 5 heterocycles. The molecule has 0 radical (unpaired) electrons. The highest BCUT2D eigenvalue weighted by Crippen LogP contribution is 2.73. The van der Waals surface area contributed by atoms with Gasteiger partial charge < -0.3 is 99.2 Å². The number of aliphatic hydroxyl groups is 12. The molecule has 5 saturated heterocycles. The van der Waals surface area contributed by atoms with E-state index in [-0.39, 0.29) is 54.5 Å². The number of ether oxygens (including phenoxy) is 8. The third-order valence-electron chi connectivity index (χ3n) is 18.6. The maximum atomic E-state index is 13.1. The molecule has 4 aliphatic carbocycles. The minimum Gasteiger partial charge on any atom is -0.394 e. The van der Waals surface area contributed by atoms with Gasteiger partial charge in [-0.05, 0) is 81.0 Å². The van der Waals surface area contributed by atoms with Crippen molar-refractivity contribution in [1.82, 2.24) is 0 Å². The molecular weight excluding hydrogens is 860 g/mol. The van der Waals surface area contributed by atoms with Crippen molar-refractivity contribution in [2.75, 3.05) is 19.8 Å². The van der Waals surface area contributed by atoms with Gasteiger partial charge in [0, 0.05) is 24.2 Å². The van der Waals surface area contributed by atoms with Crippen LogP contribution >= 0.6 is 0 Å². The minimum atomic E-state index is -1.94. The van der Waals surface area contributed by atoms with Gasteiger partial charge in [-0.2, -0.15) is 0 Å². The van der Waals surface area contributed by atoms with Gasteiger partial charge in [-0.3, -0.25) is 0 Å². The summed E-state index contributed by atoms with van der Waals surface area (Å²) in [5.41, 5.74) is -4.28. The van der Waals surface area contributed by atoms with Crippen LogP contribution in [-0.4, -0.2) is 209 Å². The molecule has 28 atom stereocenters. The standard InChI is InChI=1S/C45H74O20/c1-18-6-9-45(58-17-18)19(2)28-24(65-45)12-22-21-7-8-43(56)14-25(23(48)13-42(43,5)44(21,57)11-10-41(22,28)4)60-40-37(64-38-34(54)32(52)29(49)20(3)59-38)36(31(51)27(16-47)62-40)63-39-35(55)33(53)30(50)26(15-46)61-39/h18-40,46-57H,6-17H2,1-5H3/t18-,19+,20+,21+,22+,23-,24+,25-,26-,27-,28+,29+,30+,31-,32-,33+,34-,35-,36+,37-,38+,39+,40-,41+,42+,43-,44-,45-/m1/s1. The van der Waals surface area contributed by atoms with Crippen LogP contribution in [0, 0.1) is 40.4 Å². The topological polar surface area (TPSA) is 317 Å². The lowest BCUT2D eigenvalue weighted by molar-refractivity contribution is -0.400. The quantitative estimate of drug-likeness (QED) is 0.112. The van der Waals surface area contributed by atoms with E-state index in [1.165, 1.54) is 6.92 Å². The summed E-state index contributed by atoms with van der Waals surface area (Å²) in [5, 5.41) is 134. The van der Waals surface area contributed by atoms with Crippen molar-refractivity contribution in [3.63, 3.8) is 0 Å². The Morgan fingerprint density at radius 1 is 0.615 bits per heavy atom. The van der Waals surface area contributed by atoms with Gasteiger partial charge in [0.25, 0.3) is 0 Å². The van der Waals surface area contributed by atoms with Gasteiger partial charge >= 0.3 is 0 Å².